The van der Waals surface area contributed by atoms with Gasteiger partial charge in [-0.25, -0.2) is 0 Å². The van der Waals surface area contributed by atoms with Crippen LogP contribution in [0.5, 0.6) is 17.2 Å². The van der Waals surface area contributed by atoms with Crippen molar-refractivity contribution in [3.63, 3.8) is 0 Å². The fourth-order valence-corrected chi connectivity index (χ4v) is 7.75. The molecule has 6 rings (SSSR count). The van der Waals surface area contributed by atoms with E-state index in [4.69, 9.17) is 42.1 Å². The highest BCUT2D eigenvalue weighted by Gasteiger charge is 2.44. The Bertz CT molecular complexity index is 1640. The molecule has 0 spiro atoms. The Labute approximate surface area is 310 Å². The first-order valence-electron chi connectivity index (χ1n) is 18.0. The van der Waals surface area contributed by atoms with Gasteiger partial charge < -0.3 is 34.3 Å². The average molecular weight is 740 g/mol. The van der Waals surface area contributed by atoms with E-state index in [0.717, 1.165) is 72.4 Å². The molecule has 1 heterocycles. The molecule has 274 valence electrons. The fraction of sp³-hybridized carbons (Fsp3) is 0.500. The molecule has 3 aliphatic rings. The van der Waals surface area contributed by atoms with Gasteiger partial charge in [0.15, 0.2) is 5.75 Å². The molecule has 2 N–H and O–H groups in total. The summed E-state index contributed by atoms with van der Waals surface area (Å²) in [5, 5.41) is 13.7. The van der Waals surface area contributed by atoms with Gasteiger partial charge in [0.2, 0.25) is 5.91 Å². The Morgan fingerprint density at radius 3 is 2.29 bits per heavy atom. The topological polar surface area (TPSA) is 107 Å². The van der Waals surface area contributed by atoms with Crippen molar-refractivity contribution in [2.45, 2.75) is 64.0 Å². The van der Waals surface area contributed by atoms with E-state index in [9.17, 15) is 14.7 Å². The zero-order chi connectivity index (χ0) is 35.9. The van der Waals surface area contributed by atoms with E-state index < -0.39 is 5.97 Å². The number of benzene rings is 3. The minimum absolute atomic E-state index is 0.0429. The second-order valence-corrected chi connectivity index (χ2v) is 14.9. The molecule has 0 bridgehead atoms. The van der Waals surface area contributed by atoms with E-state index in [1.165, 1.54) is 0 Å². The number of carbonyl (C=O) groups is 2. The zero-order valence-corrected chi connectivity index (χ0v) is 30.9. The number of aryl methyl sites for hydroxylation is 2. The molecule has 0 radical (unpaired) electrons. The van der Waals surface area contributed by atoms with Crippen molar-refractivity contribution >= 4 is 35.1 Å². The molecule has 1 amide bonds. The standard InChI is InChI=1S/C40H48Cl2N2O7/c1-25-16-36(41)38(37(42)17-25)50-15-14-49-31-9-5-28(6-10-31)33-11-12-43-22-35(33)39(45)44(30-7-8-30)23-27-18-26(4-3-13-48-2)19-32(20-27)51-24-29-21-34(29)40(46)47/h5-6,9-10,16-20,29-30,33-35,43H,3-4,7-8,11-15,21-24H2,1-2H3,(H,46,47)/t29-,33-,34-,35+/m0/s1. The summed E-state index contributed by atoms with van der Waals surface area (Å²) < 4.78 is 23.2. The van der Waals surface area contributed by atoms with Crippen LogP contribution in [0.2, 0.25) is 10.0 Å². The third-order valence-corrected chi connectivity index (χ3v) is 10.6. The van der Waals surface area contributed by atoms with Crippen molar-refractivity contribution in [3.8, 4) is 17.2 Å². The Balaban J connectivity index is 1.09. The lowest BCUT2D eigenvalue weighted by molar-refractivity contribution is -0.139. The summed E-state index contributed by atoms with van der Waals surface area (Å²) >= 11 is 12.6. The number of nitrogens with zero attached hydrogens (tertiary/aromatic N) is 1. The number of halogens is 2. The number of amides is 1. The maximum atomic E-state index is 14.4. The molecule has 0 unspecified atom stereocenters. The molecule has 1 saturated heterocycles. The van der Waals surface area contributed by atoms with Gasteiger partial charge >= 0.3 is 5.97 Å². The van der Waals surface area contributed by atoms with Crippen molar-refractivity contribution in [2.75, 3.05) is 46.6 Å². The van der Waals surface area contributed by atoms with Gasteiger partial charge in [-0.2, -0.15) is 0 Å². The molecule has 2 saturated carbocycles. The van der Waals surface area contributed by atoms with Crippen LogP contribution in [-0.2, 0) is 27.3 Å². The summed E-state index contributed by atoms with van der Waals surface area (Å²) in [7, 11) is 1.70. The Hall–Kier alpha value is -3.50. The van der Waals surface area contributed by atoms with Gasteiger partial charge in [-0.15, -0.1) is 0 Å². The first-order valence-corrected chi connectivity index (χ1v) is 18.8. The van der Waals surface area contributed by atoms with Crippen LogP contribution in [0.4, 0.5) is 0 Å². The highest BCUT2D eigenvalue weighted by Crippen LogP contribution is 2.40. The lowest BCUT2D eigenvalue weighted by Gasteiger charge is -2.36. The van der Waals surface area contributed by atoms with Crippen LogP contribution in [0.1, 0.15) is 60.3 Å². The van der Waals surface area contributed by atoms with Crippen LogP contribution in [0, 0.1) is 24.7 Å². The molecule has 11 heteroatoms. The number of methoxy groups -OCH3 is 1. The van der Waals surface area contributed by atoms with Crippen LogP contribution in [0.3, 0.4) is 0 Å². The second kappa shape index (κ2) is 17.3. The molecule has 3 fully saturated rings. The van der Waals surface area contributed by atoms with E-state index in [0.29, 0.717) is 61.7 Å². The van der Waals surface area contributed by atoms with Crippen molar-refractivity contribution in [1.29, 1.82) is 0 Å². The number of aliphatic carboxylic acids is 1. The van der Waals surface area contributed by atoms with Crippen molar-refractivity contribution in [3.05, 3.63) is 86.9 Å². The number of rotatable bonds is 18. The van der Waals surface area contributed by atoms with E-state index in [-0.39, 0.29) is 35.6 Å². The van der Waals surface area contributed by atoms with Crippen LogP contribution in [-0.4, -0.2) is 74.6 Å². The normalized spacial score (nSPS) is 21.2. The third kappa shape index (κ3) is 10.1. The number of carbonyl (C=O) groups excluding carboxylic acids is 1. The smallest absolute Gasteiger partial charge is 0.306 e. The highest BCUT2D eigenvalue weighted by atomic mass is 35.5. The van der Waals surface area contributed by atoms with Crippen LogP contribution in [0.25, 0.3) is 0 Å². The summed E-state index contributed by atoms with van der Waals surface area (Å²) in [6.07, 6.45) is 5.23. The number of hydrogen-bond donors (Lipinski definition) is 2. The average Bonchev–Trinajstić information content (AvgIpc) is 4.05. The molecule has 0 aromatic heterocycles. The van der Waals surface area contributed by atoms with Gasteiger partial charge in [0.05, 0.1) is 28.5 Å². The predicted molar refractivity (Wildman–Crippen MR) is 197 cm³/mol. The van der Waals surface area contributed by atoms with E-state index in [1.807, 2.05) is 43.3 Å². The van der Waals surface area contributed by atoms with E-state index in [2.05, 4.69) is 28.4 Å². The molecule has 1 aliphatic heterocycles. The molecule has 2 aliphatic carbocycles. The third-order valence-electron chi connectivity index (χ3n) is 10.0. The number of carboxylic acids is 1. The lowest BCUT2D eigenvalue weighted by Crippen LogP contribution is -2.47. The number of nitrogens with one attached hydrogen (secondary N) is 1. The van der Waals surface area contributed by atoms with Gasteiger partial charge in [-0.3, -0.25) is 9.59 Å². The maximum Gasteiger partial charge on any atom is 0.306 e. The van der Waals surface area contributed by atoms with Gasteiger partial charge in [-0.1, -0.05) is 41.4 Å². The molecule has 9 nitrogen and oxygen atoms in total. The summed E-state index contributed by atoms with van der Waals surface area (Å²) in [5.41, 5.74) is 4.25. The second-order valence-electron chi connectivity index (χ2n) is 14.1. The summed E-state index contributed by atoms with van der Waals surface area (Å²) in [4.78, 5) is 27.8. The minimum Gasteiger partial charge on any atom is -0.493 e. The van der Waals surface area contributed by atoms with Crippen molar-refractivity contribution < 1.29 is 33.6 Å². The zero-order valence-electron chi connectivity index (χ0n) is 29.4. The number of piperidine rings is 1. The molecular formula is C40H48Cl2N2O7. The molecule has 51 heavy (non-hydrogen) atoms. The number of carboxylic acid groups (broad SMARTS) is 1. The number of ether oxygens (including phenoxy) is 4. The summed E-state index contributed by atoms with van der Waals surface area (Å²) in [5.74, 6) is 0.954. The fourth-order valence-electron chi connectivity index (χ4n) is 7.04. The van der Waals surface area contributed by atoms with E-state index in [1.54, 1.807) is 7.11 Å². The van der Waals surface area contributed by atoms with Crippen LogP contribution < -0.4 is 19.5 Å². The SMILES string of the molecule is COCCCc1cc(CN(C(=O)[C@@H]2CNCC[C@H]2c2ccc(OCCOc3c(Cl)cc(C)cc3Cl)cc2)C2CC2)cc(OC[C@@H]2C[C@@H]2C(=O)O)c1. The van der Waals surface area contributed by atoms with Crippen LogP contribution in [0.15, 0.2) is 54.6 Å². The van der Waals surface area contributed by atoms with Crippen molar-refractivity contribution in [1.82, 2.24) is 10.2 Å². The molecule has 3 aromatic carbocycles. The largest absolute Gasteiger partial charge is 0.493 e. The maximum absolute atomic E-state index is 14.4. The number of hydrogen-bond acceptors (Lipinski definition) is 7. The minimum atomic E-state index is -0.757. The summed E-state index contributed by atoms with van der Waals surface area (Å²) in [6.45, 7) is 5.58. The lowest BCUT2D eigenvalue weighted by atomic mass is 9.80. The summed E-state index contributed by atoms with van der Waals surface area (Å²) in [6, 6.07) is 18.2. The first kappa shape index (κ1) is 37.3. The Morgan fingerprint density at radius 2 is 1.61 bits per heavy atom. The first-order chi connectivity index (χ1) is 24.7. The molecule has 4 atom stereocenters. The van der Waals surface area contributed by atoms with Gasteiger partial charge in [0.1, 0.15) is 24.7 Å². The molecule has 3 aromatic rings. The Morgan fingerprint density at radius 1 is 0.882 bits per heavy atom. The monoisotopic (exact) mass is 738 g/mol. The highest BCUT2D eigenvalue weighted by molar-refractivity contribution is 6.37. The van der Waals surface area contributed by atoms with Gasteiger partial charge in [0, 0.05) is 38.8 Å². The van der Waals surface area contributed by atoms with Gasteiger partial charge in [-0.05, 0) is 117 Å². The van der Waals surface area contributed by atoms with Gasteiger partial charge in [0.25, 0.3) is 0 Å². The molecular weight excluding hydrogens is 691 g/mol. The van der Waals surface area contributed by atoms with E-state index >= 15 is 0 Å². The predicted octanol–water partition coefficient (Wildman–Crippen LogP) is 7.32. The van der Waals surface area contributed by atoms with Crippen LogP contribution >= 0.6 is 23.2 Å². The van der Waals surface area contributed by atoms with Crippen molar-refractivity contribution in [2.24, 2.45) is 17.8 Å². The quantitative estimate of drug-likeness (QED) is 0.131. The Kier molecular flexibility index (Phi) is 12.7.